The van der Waals surface area contributed by atoms with Gasteiger partial charge in [-0.3, -0.25) is 14.6 Å². The van der Waals surface area contributed by atoms with Gasteiger partial charge in [0.15, 0.2) is 23.1 Å². The van der Waals surface area contributed by atoms with Gasteiger partial charge in [0.1, 0.15) is 17.0 Å². The molecule has 1 aromatic heterocycles. The number of ether oxygens (including phenoxy) is 3. The van der Waals surface area contributed by atoms with Crippen molar-refractivity contribution in [2.75, 3.05) is 44.0 Å². The molecule has 9 nitrogen and oxygen atoms in total. The van der Waals surface area contributed by atoms with Crippen LogP contribution in [0.1, 0.15) is 39.5 Å². The van der Waals surface area contributed by atoms with Crippen molar-refractivity contribution in [1.82, 2.24) is 9.88 Å². The average molecular weight is 633 g/mol. The zero-order valence-corrected chi connectivity index (χ0v) is 26.2. The van der Waals surface area contributed by atoms with E-state index in [1.54, 1.807) is 31.5 Å². The Bertz CT molecular complexity index is 1690. The first-order chi connectivity index (χ1) is 22.3. The maximum atomic E-state index is 15.3. The van der Waals surface area contributed by atoms with E-state index in [1.807, 2.05) is 0 Å². The summed E-state index contributed by atoms with van der Waals surface area (Å²) < 4.78 is 46.1. The molecular formula is C35H38F2N4O5. The predicted molar refractivity (Wildman–Crippen MR) is 173 cm³/mol. The molecule has 0 unspecified atom stereocenters. The van der Waals surface area contributed by atoms with Crippen molar-refractivity contribution in [3.63, 3.8) is 0 Å². The van der Waals surface area contributed by atoms with Crippen molar-refractivity contribution in [3.8, 4) is 23.0 Å². The van der Waals surface area contributed by atoms with E-state index in [4.69, 9.17) is 14.2 Å². The highest BCUT2D eigenvalue weighted by atomic mass is 19.1. The number of nitrogens with one attached hydrogen (secondary N) is 2. The number of carbonyl (C=O) groups excluding carboxylic acids is 2. The summed E-state index contributed by atoms with van der Waals surface area (Å²) in [7, 11) is 1.55. The summed E-state index contributed by atoms with van der Waals surface area (Å²) in [6.07, 6.45) is 3.81. The number of pyridine rings is 1. The van der Waals surface area contributed by atoms with Gasteiger partial charge in [-0.05, 0) is 80.9 Å². The number of hydrogen-bond donors (Lipinski definition) is 2. The van der Waals surface area contributed by atoms with Crippen LogP contribution in [-0.4, -0.2) is 55.0 Å². The fourth-order valence-corrected chi connectivity index (χ4v) is 5.40. The number of benzene rings is 3. The molecular weight excluding hydrogens is 594 g/mol. The van der Waals surface area contributed by atoms with Crippen molar-refractivity contribution in [2.24, 2.45) is 5.41 Å². The van der Waals surface area contributed by atoms with Crippen molar-refractivity contribution in [1.29, 1.82) is 0 Å². The third-order valence-electron chi connectivity index (χ3n) is 8.35. The van der Waals surface area contributed by atoms with Gasteiger partial charge in [0.2, 0.25) is 11.8 Å². The van der Waals surface area contributed by atoms with E-state index < -0.39 is 28.9 Å². The van der Waals surface area contributed by atoms with Gasteiger partial charge in [0.25, 0.3) is 0 Å². The Labute approximate surface area is 266 Å². The molecule has 5 rings (SSSR count). The molecule has 2 amide bonds. The van der Waals surface area contributed by atoms with Crippen LogP contribution < -0.4 is 24.8 Å². The van der Waals surface area contributed by atoms with Crippen molar-refractivity contribution in [3.05, 3.63) is 78.5 Å². The first kappa shape index (κ1) is 32.6. The van der Waals surface area contributed by atoms with Gasteiger partial charge in [-0.15, -0.1) is 0 Å². The van der Waals surface area contributed by atoms with Gasteiger partial charge in [0, 0.05) is 41.6 Å². The number of methoxy groups -OCH3 is 1. The molecule has 242 valence electrons. The Kier molecular flexibility index (Phi) is 10.3. The standard InChI is InChI=1S/C35H38F2N4O5/c1-4-41(5-2)18-7-19-45-32-22-28-26(21-31(32)44-3)29(14-17-38-28)46-30-13-12-25(20-27(30)37)40-34(43)35(15-6-16-35)33(42)39-24-10-8-23(36)9-11-24/h8-14,17,20-22H,4-7,15-16,18-19H2,1-3H3,(H,39,42)(H,40,43). The van der Waals surface area contributed by atoms with E-state index in [-0.39, 0.29) is 11.4 Å². The number of halogens is 2. The lowest BCUT2D eigenvalue weighted by molar-refractivity contribution is -0.142. The van der Waals surface area contributed by atoms with Gasteiger partial charge in [-0.1, -0.05) is 20.3 Å². The number of nitrogens with zero attached hydrogens (tertiary/aromatic N) is 2. The number of rotatable bonds is 14. The second-order valence-electron chi connectivity index (χ2n) is 11.2. The molecule has 1 heterocycles. The Morgan fingerprint density at radius 1 is 0.870 bits per heavy atom. The fourth-order valence-electron chi connectivity index (χ4n) is 5.40. The zero-order valence-electron chi connectivity index (χ0n) is 26.2. The number of fused-ring (bicyclic) bond motifs is 1. The van der Waals surface area contributed by atoms with E-state index in [9.17, 15) is 14.0 Å². The molecule has 0 bridgehead atoms. The molecule has 46 heavy (non-hydrogen) atoms. The number of carbonyl (C=O) groups is 2. The van der Waals surface area contributed by atoms with Crippen molar-refractivity contribution in [2.45, 2.75) is 39.5 Å². The molecule has 1 saturated carbocycles. The number of hydrogen-bond acceptors (Lipinski definition) is 7. The molecule has 0 aliphatic heterocycles. The van der Waals surface area contributed by atoms with E-state index in [0.717, 1.165) is 32.1 Å². The van der Waals surface area contributed by atoms with Crippen molar-refractivity contribution >= 4 is 34.1 Å². The largest absolute Gasteiger partial charge is 0.493 e. The fraction of sp³-hybridized carbons (Fsp3) is 0.343. The molecule has 2 N–H and O–H groups in total. The maximum Gasteiger partial charge on any atom is 0.240 e. The quantitative estimate of drug-likeness (QED) is 0.112. The second-order valence-corrected chi connectivity index (χ2v) is 11.2. The zero-order chi connectivity index (χ0) is 32.7. The smallest absolute Gasteiger partial charge is 0.240 e. The maximum absolute atomic E-state index is 15.3. The van der Waals surface area contributed by atoms with Crippen LogP contribution in [-0.2, 0) is 9.59 Å². The van der Waals surface area contributed by atoms with Crippen LogP contribution in [0.25, 0.3) is 10.9 Å². The van der Waals surface area contributed by atoms with Gasteiger partial charge < -0.3 is 29.7 Å². The van der Waals surface area contributed by atoms with Gasteiger partial charge in [-0.25, -0.2) is 8.78 Å². The second kappa shape index (κ2) is 14.6. The highest BCUT2D eigenvalue weighted by Crippen LogP contribution is 2.43. The first-order valence-electron chi connectivity index (χ1n) is 15.4. The number of aromatic nitrogens is 1. The van der Waals surface area contributed by atoms with Crippen LogP contribution in [0, 0.1) is 17.0 Å². The summed E-state index contributed by atoms with van der Waals surface area (Å²) in [4.78, 5) is 33.1. The average Bonchev–Trinajstić information content (AvgIpc) is 3.02. The Morgan fingerprint density at radius 2 is 1.57 bits per heavy atom. The van der Waals surface area contributed by atoms with Gasteiger partial charge in [0.05, 0.1) is 19.2 Å². The van der Waals surface area contributed by atoms with Crippen LogP contribution >= 0.6 is 0 Å². The lowest BCUT2D eigenvalue weighted by atomic mass is 9.67. The lowest BCUT2D eigenvalue weighted by Gasteiger charge is -2.38. The molecule has 1 fully saturated rings. The molecule has 0 spiro atoms. The Balaban J connectivity index is 1.27. The molecule has 11 heteroatoms. The van der Waals surface area contributed by atoms with Crippen LogP contribution in [0.15, 0.2) is 66.9 Å². The Hall–Kier alpha value is -4.77. The summed E-state index contributed by atoms with van der Waals surface area (Å²) >= 11 is 0. The van der Waals surface area contributed by atoms with E-state index in [2.05, 4.69) is 34.4 Å². The molecule has 0 radical (unpaired) electrons. The highest BCUT2D eigenvalue weighted by Gasteiger charge is 2.50. The lowest BCUT2D eigenvalue weighted by Crippen LogP contribution is -2.50. The minimum absolute atomic E-state index is 0.0615. The monoisotopic (exact) mass is 632 g/mol. The molecule has 1 aliphatic carbocycles. The van der Waals surface area contributed by atoms with E-state index >= 15 is 4.39 Å². The predicted octanol–water partition coefficient (Wildman–Crippen LogP) is 7.17. The summed E-state index contributed by atoms with van der Waals surface area (Å²) in [6.45, 7) is 7.68. The van der Waals surface area contributed by atoms with Crippen LogP contribution in [0.5, 0.6) is 23.0 Å². The summed E-state index contributed by atoms with van der Waals surface area (Å²) in [6, 6.07) is 14.5. The highest BCUT2D eigenvalue weighted by molar-refractivity contribution is 6.15. The number of anilines is 2. The SMILES string of the molecule is CCN(CC)CCCOc1cc2nccc(Oc3ccc(NC(=O)C4(C(=O)Nc5ccc(F)cc5)CCC4)cc3F)c2cc1OC. The van der Waals surface area contributed by atoms with Crippen molar-refractivity contribution < 1.29 is 32.6 Å². The summed E-state index contributed by atoms with van der Waals surface area (Å²) in [5, 5.41) is 5.97. The summed E-state index contributed by atoms with van der Waals surface area (Å²) in [5.74, 6) is -0.813. The molecule has 1 aliphatic rings. The third-order valence-corrected chi connectivity index (χ3v) is 8.35. The molecule has 3 aromatic carbocycles. The van der Waals surface area contributed by atoms with Crippen LogP contribution in [0.3, 0.4) is 0 Å². The van der Waals surface area contributed by atoms with Gasteiger partial charge in [-0.2, -0.15) is 0 Å². The molecule has 4 aromatic rings. The first-order valence-corrected chi connectivity index (χ1v) is 15.4. The molecule has 0 saturated heterocycles. The number of amides is 2. The van der Waals surface area contributed by atoms with E-state index in [0.29, 0.717) is 59.7 Å². The minimum atomic E-state index is -1.30. The van der Waals surface area contributed by atoms with Crippen LogP contribution in [0.4, 0.5) is 20.2 Å². The molecule has 0 atom stereocenters. The third kappa shape index (κ3) is 7.20. The Morgan fingerprint density at radius 3 is 2.20 bits per heavy atom. The van der Waals surface area contributed by atoms with Gasteiger partial charge >= 0.3 is 0 Å². The summed E-state index contributed by atoms with van der Waals surface area (Å²) in [5.41, 5.74) is -0.150. The van der Waals surface area contributed by atoms with Crippen LogP contribution in [0.2, 0.25) is 0 Å². The van der Waals surface area contributed by atoms with E-state index in [1.165, 1.54) is 36.4 Å². The minimum Gasteiger partial charge on any atom is -0.493 e. The normalized spacial score (nSPS) is 13.6. The topological polar surface area (TPSA) is 102 Å².